The minimum absolute atomic E-state index is 0.0542. The Morgan fingerprint density at radius 2 is 1.79 bits per heavy atom. The Bertz CT molecular complexity index is 1090. The topological polar surface area (TPSA) is 35.5 Å². The summed E-state index contributed by atoms with van der Waals surface area (Å²) in [6.07, 6.45) is 3.74. The van der Waals surface area contributed by atoms with Crippen LogP contribution in [0.25, 0.3) is 0 Å². The summed E-state index contributed by atoms with van der Waals surface area (Å²) < 4.78 is 12.6. The fourth-order valence-corrected chi connectivity index (χ4v) is 5.59. The molecule has 0 aromatic heterocycles. The monoisotopic (exact) mass is 510 g/mol. The third-order valence-electron chi connectivity index (χ3n) is 6.13. The minimum atomic E-state index is -0.342. The van der Waals surface area contributed by atoms with Crippen molar-refractivity contribution in [3.63, 3.8) is 0 Å². The molecule has 0 saturated heterocycles. The van der Waals surface area contributed by atoms with E-state index in [4.69, 9.17) is 9.47 Å². The summed E-state index contributed by atoms with van der Waals surface area (Å²) >= 11 is -0.0542. The van der Waals surface area contributed by atoms with Gasteiger partial charge in [-0.2, -0.15) is 0 Å². The predicted octanol–water partition coefficient (Wildman–Crippen LogP) is 5.41. The summed E-state index contributed by atoms with van der Waals surface area (Å²) in [5, 5.41) is 0. The molecule has 1 aliphatic rings. The maximum absolute atomic E-state index is 11.6. The van der Waals surface area contributed by atoms with Crippen LogP contribution in [0.2, 0.25) is 0 Å². The molecular formula is C29H34O3Se. The number of benzene rings is 2. The second-order valence-electron chi connectivity index (χ2n) is 9.79. The average molecular weight is 510 g/mol. The molecule has 3 rings (SSSR count). The molecule has 174 valence electrons. The van der Waals surface area contributed by atoms with Crippen molar-refractivity contribution in [1.29, 1.82) is 0 Å². The van der Waals surface area contributed by atoms with Crippen LogP contribution in [-0.4, -0.2) is 27.5 Å². The van der Waals surface area contributed by atoms with E-state index in [0.717, 1.165) is 29.7 Å². The van der Waals surface area contributed by atoms with Crippen LogP contribution in [0.1, 0.15) is 71.1 Å². The summed E-state index contributed by atoms with van der Waals surface area (Å²) in [6.45, 7) is 13.9. The van der Waals surface area contributed by atoms with Crippen LogP contribution in [0.4, 0.5) is 0 Å². The molecule has 0 spiro atoms. The molecular weight excluding hydrogens is 475 g/mol. The summed E-state index contributed by atoms with van der Waals surface area (Å²) in [7, 11) is 0. The molecule has 0 bridgehead atoms. The van der Waals surface area contributed by atoms with E-state index in [2.05, 4.69) is 62.7 Å². The van der Waals surface area contributed by atoms with Crippen LogP contribution in [0, 0.1) is 10.7 Å². The van der Waals surface area contributed by atoms with Crippen LogP contribution in [0.15, 0.2) is 54.1 Å². The van der Waals surface area contributed by atoms with Gasteiger partial charge in [-0.05, 0) is 0 Å². The molecule has 0 N–H and O–H groups in total. The fourth-order valence-electron chi connectivity index (χ4n) is 4.18. The Morgan fingerprint density at radius 1 is 1.09 bits per heavy atom. The van der Waals surface area contributed by atoms with Gasteiger partial charge in [0, 0.05) is 0 Å². The first-order valence-corrected chi connectivity index (χ1v) is 13.2. The molecule has 0 aliphatic heterocycles. The zero-order chi connectivity index (χ0) is 24.1. The SMILES string of the molecule is CCOC(=O)C=C(C)C#C[Se]c1cc(OCc2ccccc2)c2c(c1)C(C)(C)CCC2(C)C. The van der Waals surface area contributed by atoms with E-state index in [9.17, 15) is 4.79 Å². The zero-order valence-corrected chi connectivity index (χ0v) is 22.3. The number of allylic oxidation sites excluding steroid dienone is 1. The molecule has 2 aromatic carbocycles. The van der Waals surface area contributed by atoms with Crippen molar-refractivity contribution < 1.29 is 14.3 Å². The van der Waals surface area contributed by atoms with E-state index >= 15 is 0 Å². The van der Waals surface area contributed by atoms with E-state index < -0.39 is 0 Å². The number of ether oxygens (including phenoxy) is 2. The standard InChI is InChI=1S/C29H34O3Se/c1-7-31-26(30)17-21(2)13-16-33-23-18-24-27(29(5,6)15-14-28(24,3)4)25(19-23)32-20-22-11-9-8-10-12-22/h8-12,17-19H,7,14-15,20H2,1-6H3. The van der Waals surface area contributed by atoms with Gasteiger partial charge in [0.1, 0.15) is 0 Å². The number of esters is 1. The molecule has 3 nitrogen and oxygen atoms in total. The van der Waals surface area contributed by atoms with Gasteiger partial charge in [-0.3, -0.25) is 0 Å². The third-order valence-corrected chi connectivity index (χ3v) is 7.55. The molecule has 0 fully saturated rings. The van der Waals surface area contributed by atoms with E-state index in [1.165, 1.54) is 21.7 Å². The molecule has 4 heteroatoms. The Labute approximate surface area is 205 Å². The Morgan fingerprint density at radius 3 is 2.48 bits per heavy atom. The molecule has 2 aromatic rings. The van der Waals surface area contributed by atoms with Gasteiger partial charge < -0.3 is 0 Å². The second kappa shape index (κ2) is 10.6. The van der Waals surface area contributed by atoms with Crippen LogP contribution < -0.4 is 9.20 Å². The van der Waals surface area contributed by atoms with Crippen LogP contribution in [0.3, 0.4) is 0 Å². The van der Waals surface area contributed by atoms with Gasteiger partial charge in [-0.25, -0.2) is 0 Å². The number of carbonyl (C=O) groups is 1. The van der Waals surface area contributed by atoms with Gasteiger partial charge in [0.15, 0.2) is 0 Å². The molecule has 0 atom stereocenters. The molecule has 0 unspecified atom stereocenters. The van der Waals surface area contributed by atoms with Gasteiger partial charge in [-0.1, -0.05) is 0 Å². The number of rotatable bonds is 6. The number of hydrogen-bond donors (Lipinski definition) is 0. The summed E-state index contributed by atoms with van der Waals surface area (Å²) in [4.78, 5) is 14.9. The quantitative estimate of drug-likeness (QED) is 0.226. The van der Waals surface area contributed by atoms with Crippen LogP contribution in [-0.2, 0) is 27.0 Å². The van der Waals surface area contributed by atoms with Crippen molar-refractivity contribution in [1.82, 2.24) is 0 Å². The number of hydrogen-bond acceptors (Lipinski definition) is 3. The van der Waals surface area contributed by atoms with Gasteiger partial charge in [-0.15, -0.1) is 0 Å². The molecule has 0 heterocycles. The first-order valence-electron chi connectivity index (χ1n) is 11.5. The van der Waals surface area contributed by atoms with E-state index in [0.29, 0.717) is 13.2 Å². The third kappa shape index (κ3) is 6.53. The summed E-state index contributed by atoms with van der Waals surface area (Å²) in [5.74, 6) is 3.75. The van der Waals surface area contributed by atoms with Gasteiger partial charge in [0.25, 0.3) is 0 Å². The van der Waals surface area contributed by atoms with Gasteiger partial charge in [0.05, 0.1) is 0 Å². The van der Waals surface area contributed by atoms with Crippen molar-refractivity contribution in [2.24, 2.45) is 0 Å². The average Bonchev–Trinajstić information content (AvgIpc) is 2.76. The molecule has 1 aliphatic carbocycles. The van der Waals surface area contributed by atoms with Crippen LogP contribution >= 0.6 is 0 Å². The summed E-state index contributed by atoms with van der Waals surface area (Å²) in [5.41, 5.74) is 4.74. The molecule has 0 saturated carbocycles. The predicted molar refractivity (Wildman–Crippen MR) is 136 cm³/mol. The van der Waals surface area contributed by atoms with Crippen LogP contribution in [0.5, 0.6) is 5.75 Å². The van der Waals surface area contributed by atoms with Crippen molar-refractivity contribution in [2.45, 2.75) is 71.8 Å². The first kappa shape index (κ1) is 25.2. The van der Waals surface area contributed by atoms with E-state index in [-0.39, 0.29) is 31.8 Å². The fraction of sp³-hybridized carbons (Fsp3) is 0.414. The number of fused-ring (bicyclic) bond motifs is 1. The van der Waals surface area contributed by atoms with Crippen molar-refractivity contribution in [2.75, 3.05) is 6.61 Å². The Hall–Kier alpha value is -2.47. The maximum atomic E-state index is 11.6. The molecule has 0 amide bonds. The van der Waals surface area contributed by atoms with Gasteiger partial charge in [0.2, 0.25) is 0 Å². The zero-order valence-electron chi connectivity index (χ0n) is 20.6. The first-order chi connectivity index (χ1) is 15.6. The number of carbonyl (C=O) groups excluding carboxylic acids is 1. The molecule has 0 radical (unpaired) electrons. The van der Waals surface area contributed by atoms with Gasteiger partial charge >= 0.3 is 205 Å². The second-order valence-corrected chi connectivity index (χ2v) is 11.6. The normalized spacial score (nSPS) is 16.2. The Balaban J connectivity index is 1.94. The summed E-state index contributed by atoms with van der Waals surface area (Å²) in [6, 6.07) is 14.8. The van der Waals surface area contributed by atoms with Crippen molar-refractivity contribution in [3.05, 3.63) is 70.8 Å². The van der Waals surface area contributed by atoms with E-state index in [1.54, 1.807) is 6.92 Å². The van der Waals surface area contributed by atoms with Crippen molar-refractivity contribution >= 4 is 25.4 Å². The van der Waals surface area contributed by atoms with E-state index in [1.807, 2.05) is 25.1 Å². The molecule has 33 heavy (non-hydrogen) atoms. The van der Waals surface area contributed by atoms with Crippen molar-refractivity contribution in [3.8, 4) is 16.5 Å². The Kier molecular flexibility index (Phi) is 8.11.